The van der Waals surface area contributed by atoms with E-state index in [0.717, 1.165) is 6.92 Å². The third kappa shape index (κ3) is 3.70. The minimum absolute atomic E-state index is 0.105. The predicted molar refractivity (Wildman–Crippen MR) is 152 cm³/mol. The molecule has 0 radical (unpaired) electrons. The number of carbonyl (C=O) groups is 6. The molecule has 8 nitrogen and oxygen atoms in total. The van der Waals surface area contributed by atoms with E-state index in [2.05, 4.69) is 0 Å². The van der Waals surface area contributed by atoms with E-state index in [4.69, 9.17) is 0 Å². The van der Waals surface area contributed by atoms with Crippen molar-refractivity contribution in [1.82, 2.24) is 0 Å². The number of phenols is 1. The lowest BCUT2D eigenvalue weighted by Crippen LogP contribution is -2.77. The standard InChI is InChI=1S/C34H36O8/c1-16(2)26-28(38)24(18(4)35)30(40)34(42)31(41)27-29(39)25-21(36)13-12-17(3)23(25)20(32(27,5)15-33(26,34)6)14-22(37)19-10-8-7-9-11-19/h7-13,16,20,24,26-27,36,42H,14-15H2,1-6H3/t20-,24?,26?,27?,32+,33-,34+/m1/s1. The SMILES string of the molecule is CC(=O)C1C(=O)C(C(C)C)[C@@]2(C)C[C@]3(C)C(C(=O)c4c(O)ccc(C)c4[C@H]3CC(=O)c3ccccc3)C(=O)[C@@]2(O)C1=O. The largest absolute Gasteiger partial charge is 0.507 e. The minimum Gasteiger partial charge on any atom is -0.507 e. The van der Waals surface area contributed by atoms with Crippen molar-refractivity contribution in [2.75, 3.05) is 0 Å². The smallest absolute Gasteiger partial charge is 0.190 e. The number of hydrogen-bond donors (Lipinski definition) is 2. The molecule has 3 aliphatic carbocycles. The van der Waals surface area contributed by atoms with Gasteiger partial charge in [0.05, 0.1) is 11.5 Å². The zero-order chi connectivity index (χ0) is 31.1. The summed E-state index contributed by atoms with van der Waals surface area (Å²) in [4.78, 5) is 82.8. The first-order valence-corrected chi connectivity index (χ1v) is 14.3. The van der Waals surface area contributed by atoms with Gasteiger partial charge >= 0.3 is 0 Å². The number of Topliss-reactive ketones (excluding diaryl/α,β-unsaturated/α-hetero) is 6. The van der Waals surface area contributed by atoms with Crippen LogP contribution in [0.15, 0.2) is 42.5 Å². The maximum absolute atomic E-state index is 14.6. The molecule has 42 heavy (non-hydrogen) atoms. The van der Waals surface area contributed by atoms with E-state index in [1.165, 1.54) is 13.0 Å². The molecule has 220 valence electrons. The van der Waals surface area contributed by atoms with E-state index in [-0.39, 0.29) is 29.9 Å². The lowest BCUT2D eigenvalue weighted by molar-refractivity contribution is -0.207. The van der Waals surface area contributed by atoms with Gasteiger partial charge in [-0.25, -0.2) is 0 Å². The summed E-state index contributed by atoms with van der Waals surface area (Å²) in [5, 5.41) is 23.2. The number of rotatable bonds is 5. The van der Waals surface area contributed by atoms with Gasteiger partial charge in [-0.3, -0.25) is 28.8 Å². The summed E-state index contributed by atoms with van der Waals surface area (Å²) in [7, 11) is 0. The van der Waals surface area contributed by atoms with Crippen LogP contribution in [0.25, 0.3) is 0 Å². The number of carbonyl (C=O) groups excluding carboxylic acids is 6. The number of hydrogen-bond acceptors (Lipinski definition) is 8. The molecule has 0 saturated heterocycles. The molecular weight excluding hydrogens is 536 g/mol. The summed E-state index contributed by atoms with van der Waals surface area (Å²) in [6.45, 7) is 9.54. The normalized spacial score (nSPS) is 34.1. The van der Waals surface area contributed by atoms with Crippen molar-refractivity contribution >= 4 is 34.7 Å². The first-order chi connectivity index (χ1) is 19.5. The van der Waals surface area contributed by atoms with Gasteiger partial charge in [0.25, 0.3) is 0 Å². The van der Waals surface area contributed by atoms with Crippen molar-refractivity contribution in [2.24, 2.45) is 34.5 Å². The summed E-state index contributed by atoms with van der Waals surface area (Å²) in [6, 6.07) is 11.6. The molecule has 3 aliphatic rings. The van der Waals surface area contributed by atoms with Gasteiger partial charge < -0.3 is 10.2 Å². The molecule has 2 aromatic carbocycles. The van der Waals surface area contributed by atoms with Gasteiger partial charge in [-0.1, -0.05) is 64.1 Å². The second-order valence-electron chi connectivity index (χ2n) is 13.2. The zero-order valence-electron chi connectivity index (χ0n) is 24.7. The lowest BCUT2D eigenvalue weighted by atomic mass is 9.38. The van der Waals surface area contributed by atoms with E-state index in [0.29, 0.717) is 16.7 Å². The highest BCUT2D eigenvalue weighted by atomic mass is 16.3. The van der Waals surface area contributed by atoms with E-state index in [1.54, 1.807) is 64.1 Å². The van der Waals surface area contributed by atoms with Gasteiger partial charge in [-0.2, -0.15) is 0 Å². The molecule has 0 aromatic heterocycles. The first kappa shape index (κ1) is 29.7. The summed E-state index contributed by atoms with van der Waals surface area (Å²) < 4.78 is 0. The molecule has 8 heteroatoms. The van der Waals surface area contributed by atoms with Crippen LogP contribution in [0, 0.1) is 41.4 Å². The van der Waals surface area contributed by atoms with Gasteiger partial charge in [-0.15, -0.1) is 0 Å². The number of ketones is 6. The molecule has 2 fully saturated rings. The number of aryl methyl sites for hydroxylation is 1. The molecule has 0 spiro atoms. The highest BCUT2D eigenvalue weighted by Crippen LogP contribution is 2.67. The fraction of sp³-hybridized carbons (Fsp3) is 0.471. The molecule has 0 heterocycles. The van der Waals surface area contributed by atoms with Crippen LogP contribution in [-0.4, -0.2) is 50.5 Å². The topological polar surface area (TPSA) is 143 Å². The Morgan fingerprint density at radius 1 is 0.976 bits per heavy atom. The first-order valence-electron chi connectivity index (χ1n) is 14.3. The molecular formula is C34H36O8. The Morgan fingerprint density at radius 2 is 1.60 bits per heavy atom. The third-order valence-corrected chi connectivity index (χ3v) is 10.4. The van der Waals surface area contributed by atoms with E-state index < -0.39 is 74.9 Å². The van der Waals surface area contributed by atoms with Gasteiger partial charge in [-0.05, 0) is 54.7 Å². The Labute approximate surface area is 244 Å². The summed E-state index contributed by atoms with van der Waals surface area (Å²) in [5.41, 5.74) is -4.36. The fourth-order valence-corrected chi connectivity index (χ4v) is 8.73. The van der Waals surface area contributed by atoms with Crippen LogP contribution in [0.5, 0.6) is 5.75 Å². The molecule has 2 N–H and O–H groups in total. The number of fused-ring (bicyclic) bond motifs is 3. The minimum atomic E-state index is -2.79. The Bertz CT molecular complexity index is 1570. The summed E-state index contributed by atoms with van der Waals surface area (Å²) in [5.74, 6) is -10.7. The zero-order valence-corrected chi connectivity index (χ0v) is 24.7. The number of aliphatic hydroxyl groups is 1. The summed E-state index contributed by atoms with van der Waals surface area (Å²) >= 11 is 0. The number of phenolic OH excluding ortho intramolecular Hbond substituents is 1. The average Bonchev–Trinajstić information content (AvgIpc) is 2.90. The monoisotopic (exact) mass is 572 g/mol. The van der Waals surface area contributed by atoms with Crippen molar-refractivity contribution in [1.29, 1.82) is 0 Å². The van der Waals surface area contributed by atoms with Crippen LogP contribution in [0.1, 0.15) is 85.2 Å². The Balaban J connectivity index is 1.79. The van der Waals surface area contributed by atoms with Crippen LogP contribution in [-0.2, 0) is 19.2 Å². The third-order valence-electron chi connectivity index (χ3n) is 10.4. The average molecular weight is 573 g/mol. The van der Waals surface area contributed by atoms with Gasteiger partial charge in [0.2, 0.25) is 0 Å². The van der Waals surface area contributed by atoms with Crippen LogP contribution < -0.4 is 0 Å². The van der Waals surface area contributed by atoms with Crippen LogP contribution in [0.2, 0.25) is 0 Å². The van der Waals surface area contributed by atoms with Crippen molar-refractivity contribution in [3.05, 3.63) is 64.7 Å². The maximum Gasteiger partial charge on any atom is 0.190 e. The van der Waals surface area contributed by atoms with E-state index in [1.807, 2.05) is 0 Å². The molecule has 0 bridgehead atoms. The molecule has 0 aliphatic heterocycles. The molecule has 2 aromatic rings. The van der Waals surface area contributed by atoms with Gasteiger partial charge in [0.1, 0.15) is 17.5 Å². The van der Waals surface area contributed by atoms with Crippen molar-refractivity contribution < 1.29 is 39.0 Å². The van der Waals surface area contributed by atoms with Crippen LogP contribution in [0.3, 0.4) is 0 Å². The molecule has 7 atom stereocenters. The van der Waals surface area contributed by atoms with E-state index >= 15 is 0 Å². The van der Waals surface area contributed by atoms with Crippen molar-refractivity contribution in [3.8, 4) is 5.75 Å². The van der Waals surface area contributed by atoms with Crippen molar-refractivity contribution in [2.45, 2.75) is 65.9 Å². The fourth-order valence-electron chi connectivity index (χ4n) is 8.73. The van der Waals surface area contributed by atoms with Gasteiger partial charge in [0.15, 0.2) is 34.5 Å². The molecule has 5 rings (SSSR count). The van der Waals surface area contributed by atoms with E-state index in [9.17, 15) is 39.0 Å². The second-order valence-corrected chi connectivity index (χ2v) is 13.2. The highest BCUT2D eigenvalue weighted by molar-refractivity contribution is 6.32. The predicted octanol–water partition coefficient (Wildman–Crippen LogP) is 4.22. The van der Waals surface area contributed by atoms with Gasteiger partial charge in [0, 0.05) is 23.3 Å². The van der Waals surface area contributed by atoms with Crippen molar-refractivity contribution in [3.63, 3.8) is 0 Å². The second kappa shape index (κ2) is 9.63. The lowest BCUT2D eigenvalue weighted by Gasteiger charge is -2.63. The summed E-state index contributed by atoms with van der Waals surface area (Å²) in [6.07, 6.45) is -0.238. The number of benzene rings is 2. The van der Waals surface area contributed by atoms with Crippen LogP contribution in [0.4, 0.5) is 0 Å². The molecule has 2 saturated carbocycles. The number of aromatic hydroxyl groups is 1. The molecule has 0 amide bonds. The van der Waals surface area contributed by atoms with Crippen LogP contribution >= 0.6 is 0 Å². The Hall–Kier alpha value is -3.78. The molecule has 3 unspecified atom stereocenters. The highest BCUT2D eigenvalue weighted by Gasteiger charge is 2.77. The Kier molecular flexibility index (Phi) is 6.81. The quantitative estimate of drug-likeness (QED) is 0.401. The Morgan fingerprint density at radius 3 is 2.17 bits per heavy atom. The maximum atomic E-state index is 14.6.